The Morgan fingerprint density at radius 3 is 2.59 bits per heavy atom. The maximum absolute atomic E-state index is 9.07. The molecule has 0 aliphatic carbocycles. The molecule has 1 aromatic rings. The first-order valence-corrected chi connectivity index (χ1v) is 5.74. The van der Waals surface area contributed by atoms with Gasteiger partial charge in [0, 0.05) is 12.2 Å². The third-order valence-corrected chi connectivity index (χ3v) is 2.36. The van der Waals surface area contributed by atoms with Crippen molar-refractivity contribution in [3.05, 3.63) is 29.3 Å². The van der Waals surface area contributed by atoms with Crippen LogP contribution in [-0.2, 0) is 22.7 Å². The summed E-state index contributed by atoms with van der Waals surface area (Å²) in [6, 6.07) is 5.56. The van der Waals surface area contributed by atoms with E-state index in [0.717, 1.165) is 16.9 Å². The van der Waals surface area contributed by atoms with Crippen LogP contribution in [0.15, 0.2) is 18.2 Å². The fourth-order valence-electron chi connectivity index (χ4n) is 1.49. The summed E-state index contributed by atoms with van der Waals surface area (Å²) < 4.78 is 15.9. The van der Waals surface area contributed by atoms with Crippen molar-refractivity contribution in [2.45, 2.75) is 20.1 Å². The lowest BCUT2D eigenvalue weighted by Crippen LogP contribution is -2.05. The smallest absolute Gasteiger partial charge is 0.124 e. The lowest BCUT2D eigenvalue weighted by molar-refractivity contribution is 0.0446. The maximum Gasteiger partial charge on any atom is 0.124 e. The van der Waals surface area contributed by atoms with Crippen LogP contribution >= 0.6 is 0 Å². The van der Waals surface area contributed by atoms with Gasteiger partial charge in [0.1, 0.15) is 5.75 Å². The summed E-state index contributed by atoms with van der Waals surface area (Å²) in [5.74, 6) is 0.776. The van der Waals surface area contributed by atoms with Gasteiger partial charge in [-0.15, -0.1) is 0 Å². The number of aliphatic hydroxyl groups is 1. The zero-order valence-electron chi connectivity index (χ0n) is 10.4. The van der Waals surface area contributed by atoms with E-state index < -0.39 is 0 Å². The number of hydrogen-bond acceptors (Lipinski definition) is 4. The molecular formula is C13H20O4. The number of benzene rings is 1. The SMILES string of the molecule is CCOCCOCc1cc(CO)ccc1OC. The molecule has 0 aromatic heterocycles. The van der Waals surface area contributed by atoms with Gasteiger partial charge in [0.25, 0.3) is 0 Å². The van der Waals surface area contributed by atoms with Gasteiger partial charge in [0.2, 0.25) is 0 Å². The van der Waals surface area contributed by atoms with Gasteiger partial charge in [-0.1, -0.05) is 6.07 Å². The molecule has 0 radical (unpaired) electrons. The van der Waals surface area contributed by atoms with Crippen LogP contribution in [0.4, 0.5) is 0 Å². The van der Waals surface area contributed by atoms with Crippen molar-refractivity contribution in [3.63, 3.8) is 0 Å². The van der Waals surface area contributed by atoms with Gasteiger partial charge >= 0.3 is 0 Å². The lowest BCUT2D eigenvalue weighted by atomic mass is 10.1. The van der Waals surface area contributed by atoms with Crippen molar-refractivity contribution in [2.24, 2.45) is 0 Å². The van der Waals surface area contributed by atoms with E-state index in [4.69, 9.17) is 19.3 Å². The van der Waals surface area contributed by atoms with Crippen molar-refractivity contribution in [1.82, 2.24) is 0 Å². The molecule has 1 rings (SSSR count). The second kappa shape index (κ2) is 8.06. The highest BCUT2D eigenvalue weighted by atomic mass is 16.5. The van der Waals surface area contributed by atoms with Gasteiger partial charge < -0.3 is 19.3 Å². The molecule has 17 heavy (non-hydrogen) atoms. The number of methoxy groups -OCH3 is 1. The minimum Gasteiger partial charge on any atom is -0.496 e. The fraction of sp³-hybridized carbons (Fsp3) is 0.538. The third-order valence-electron chi connectivity index (χ3n) is 2.36. The van der Waals surface area contributed by atoms with Crippen molar-refractivity contribution in [2.75, 3.05) is 26.9 Å². The Bertz CT molecular complexity index is 325. The Kier molecular flexibility index (Phi) is 6.62. The molecule has 1 N–H and O–H groups in total. The normalized spacial score (nSPS) is 10.5. The molecule has 0 unspecified atom stereocenters. The number of ether oxygens (including phenoxy) is 3. The summed E-state index contributed by atoms with van der Waals surface area (Å²) >= 11 is 0. The van der Waals surface area contributed by atoms with E-state index in [0.29, 0.717) is 26.4 Å². The Morgan fingerprint density at radius 1 is 1.18 bits per heavy atom. The molecule has 0 saturated carbocycles. The summed E-state index contributed by atoms with van der Waals surface area (Å²) in [4.78, 5) is 0. The highest BCUT2D eigenvalue weighted by molar-refractivity contribution is 5.36. The molecular weight excluding hydrogens is 220 g/mol. The van der Waals surface area contributed by atoms with Gasteiger partial charge in [-0.2, -0.15) is 0 Å². The van der Waals surface area contributed by atoms with Crippen molar-refractivity contribution < 1.29 is 19.3 Å². The van der Waals surface area contributed by atoms with E-state index in [1.165, 1.54) is 0 Å². The van der Waals surface area contributed by atoms with Crippen molar-refractivity contribution in [1.29, 1.82) is 0 Å². The Hall–Kier alpha value is -1.10. The number of hydrogen-bond donors (Lipinski definition) is 1. The fourth-order valence-corrected chi connectivity index (χ4v) is 1.49. The lowest BCUT2D eigenvalue weighted by Gasteiger charge is -2.10. The average Bonchev–Trinajstić information content (AvgIpc) is 2.38. The van der Waals surface area contributed by atoms with Crippen LogP contribution in [0, 0.1) is 0 Å². The van der Waals surface area contributed by atoms with E-state index in [2.05, 4.69) is 0 Å². The molecule has 0 spiro atoms. The first-order valence-electron chi connectivity index (χ1n) is 5.74. The minimum atomic E-state index is 0.0238. The van der Waals surface area contributed by atoms with Gasteiger partial charge in [-0.05, 0) is 24.6 Å². The van der Waals surface area contributed by atoms with E-state index >= 15 is 0 Å². The molecule has 0 amide bonds. The highest BCUT2D eigenvalue weighted by Gasteiger charge is 2.04. The molecule has 0 atom stereocenters. The Balaban J connectivity index is 2.49. The Morgan fingerprint density at radius 2 is 1.94 bits per heavy atom. The molecule has 0 bridgehead atoms. The molecule has 4 nitrogen and oxygen atoms in total. The highest BCUT2D eigenvalue weighted by Crippen LogP contribution is 2.20. The van der Waals surface area contributed by atoms with Crippen molar-refractivity contribution >= 4 is 0 Å². The maximum atomic E-state index is 9.07. The molecule has 96 valence electrons. The molecule has 0 aliphatic heterocycles. The molecule has 0 aliphatic rings. The van der Waals surface area contributed by atoms with E-state index in [9.17, 15) is 0 Å². The average molecular weight is 240 g/mol. The minimum absolute atomic E-state index is 0.0238. The van der Waals surface area contributed by atoms with Crippen LogP contribution in [0.3, 0.4) is 0 Å². The zero-order valence-corrected chi connectivity index (χ0v) is 10.4. The molecule has 4 heteroatoms. The van der Waals surface area contributed by atoms with E-state index in [1.54, 1.807) is 7.11 Å². The summed E-state index contributed by atoms with van der Waals surface area (Å²) in [5, 5.41) is 9.07. The summed E-state index contributed by atoms with van der Waals surface area (Å²) in [6.07, 6.45) is 0. The molecule has 0 saturated heterocycles. The number of rotatable bonds is 8. The predicted octanol–water partition coefficient (Wildman–Crippen LogP) is 1.74. The van der Waals surface area contributed by atoms with E-state index in [1.807, 2.05) is 25.1 Å². The van der Waals surface area contributed by atoms with Crippen LogP contribution in [0.2, 0.25) is 0 Å². The summed E-state index contributed by atoms with van der Waals surface area (Å²) in [6.45, 7) is 4.29. The number of aliphatic hydroxyl groups excluding tert-OH is 1. The third kappa shape index (κ3) is 4.73. The van der Waals surface area contributed by atoms with Crippen LogP contribution in [0.5, 0.6) is 5.75 Å². The summed E-state index contributed by atoms with van der Waals surface area (Å²) in [7, 11) is 1.62. The molecule has 0 fully saturated rings. The summed E-state index contributed by atoms with van der Waals surface area (Å²) in [5.41, 5.74) is 1.80. The topological polar surface area (TPSA) is 47.9 Å². The zero-order chi connectivity index (χ0) is 12.5. The Labute approximate surface area is 102 Å². The van der Waals surface area contributed by atoms with E-state index in [-0.39, 0.29) is 6.61 Å². The van der Waals surface area contributed by atoms with Gasteiger partial charge in [-0.25, -0.2) is 0 Å². The van der Waals surface area contributed by atoms with Gasteiger partial charge in [-0.3, -0.25) is 0 Å². The first kappa shape index (κ1) is 14.0. The van der Waals surface area contributed by atoms with Gasteiger partial charge in [0.05, 0.1) is 33.5 Å². The van der Waals surface area contributed by atoms with Crippen LogP contribution < -0.4 is 4.74 Å². The largest absolute Gasteiger partial charge is 0.496 e. The first-order chi connectivity index (χ1) is 8.31. The standard InChI is InChI=1S/C13H20O4/c1-3-16-6-7-17-10-12-8-11(9-14)4-5-13(12)15-2/h4-5,8,14H,3,6-7,9-10H2,1-2H3. The second-order valence-electron chi connectivity index (χ2n) is 3.55. The second-order valence-corrected chi connectivity index (χ2v) is 3.55. The quantitative estimate of drug-likeness (QED) is 0.703. The van der Waals surface area contributed by atoms with Crippen molar-refractivity contribution in [3.8, 4) is 5.75 Å². The molecule has 0 heterocycles. The molecule has 1 aromatic carbocycles. The van der Waals surface area contributed by atoms with Gasteiger partial charge in [0.15, 0.2) is 0 Å². The predicted molar refractivity (Wildman–Crippen MR) is 65.1 cm³/mol. The monoisotopic (exact) mass is 240 g/mol. The van der Waals surface area contributed by atoms with Crippen LogP contribution in [0.1, 0.15) is 18.1 Å². The van der Waals surface area contributed by atoms with Crippen LogP contribution in [-0.4, -0.2) is 32.0 Å². The van der Waals surface area contributed by atoms with Crippen LogP contribution in [0.25, 0.3) is 0 Å².